The van der Waals surface area contributed by atoms with E-state index in [2.05, 4.69) is 5.32 Å². The molecule has 0 radical (unpaired) electrons. The van der Waals surface area contributed by atoms with Crippen LogP contribution >= 0.6 is 0 Å². The number of benzene rings is 3. The van der Waals surface area contributed by atoms with E-state index in [-0.39, 0.29) is 5.57 Å². The van der Waals surface area contributed by atoms with E-state index in [9.17, 15) is 14.0 Å². The van der Waals surface area contributed by atoms with Crippen LogP contribution in [-0.4, -0.2) is 29.4 Å². The molecule has 1 unspecified atom stereocenters. The summed E-state index contributed by atoms with van der Waals surface area (Å²) < 4.78 is 19.1. The third-order valence-electron chi connectivity index (χ3n) is 5.84. The van der Waals surface area contributed by atoms with Gasteiger partial charge < -0.3 is 10.1 Å². The van der Waals surface area contributed by atoms with Crippen LogP contribution < -0.4 is 10.1 Å². The summed E-state index contributed by atoms with van der Waals surface area (Å²) in [4.78, 5) is 29.3. The number of nitrogens with one attached hydrogen (secondary N) is 1. The fourth-order valence-corrected chi connectivity index (χ4v) is 4.21. The lowest BCUT2D eigenvalue weighted by Gasteiger charge is -2.34. The van der Waals surface area contributed by atoms with Crippen molar-refractivity contribution in [3.8, 4) is 5.75 Å². The van der Waals surface area contributed by atoms with Crippen LogP contribution in [0.25, 0.3) is 6.08 Å². The minimum absolute atomic E-state index is 0.265. The molecule has 1 fully saturated rings. The number of carbonyl (C=O) groups is 2. The van der Waals surface area contributed by atoms with Gasteiger partial charge in [0.05, 0.1) is 12.7 Å². The van der Waals surface area contributed by atoms with Crippen LogP contribution in [0.2, 0.25) is 0 Å². The molecule has 6 heteroatoms. The zero-order valence-corrected chi connectivity index (χ0v) is 19.6. The fourth-order valence-electron chi connectivity index (χ4n) is 4.21. The lowest BCUT2D eigenvalue weighted by Crippen LogP contribution is -2.50. The average Bonchev–Trinajstić information content (AvgIpc) is 3.02. The summed E-state index contributed by atoms with van der Waals surface area (Å²) in [5.41, 5.74) is -0.202. The van der Waals surface area contributed by atoms with Gasteiger partial charge in [0, 0.05) is 11.2 Å². The standard InChI is InChI=1S/C28H27FN2O3/c1-27(2,3)31-25(32)24(18-19-8-6-5-7-9-19)28(26(31)33,20-10-12-21(29)13-11-20)30-22-14-16-23(34-4)17-15-22/h5-18,30H,1-4H3. The van der Waals surface area contributed by atoms with E-state index in [0.717, 1.165) is 5.56 Å². The van der Waals surface area contributed by atoms with Crippen molar-refractivity contribution in [2.24, 2.45) is 0 Å². The minimum Gasteiger partial charge on any atom is -0.497 e. The summed E-state index contributed by atoms with van der Waals surface area (Å²) >= 11 is 0. The van der Waals surface area contributed by atoms with Crippen molar-refractivity contribution in [3.05, 3.63) is 101 Å². The van der Waals surface area contributed by atoms with Crippen molar-refractivity contribution in [2.75, 3.05) is 12.4 Å². The summed E-state index contributed by atoms with van der Waals surface area (Å²) in [6, 6.07) is 22.1. The van der Waals surface area contributed by atoms with E-state index in [1.807, 2.05) is 51.1 Å². The molecule has 4 rings (SSSR count). The molecule has 1 atom stereocenters. The maximum absolute atomic E-state index is 14.2. The second kappa shape index (κ2) is 8.78. The number of hydrogen-bond donors (Lipinski definition) is 1. The van der Waals surface area contributed by atoms with E-state index < -0.39 is 28.7 Å². The molecule has 5 nitrogen and oxygen atoms in total. The number of ether oxygens (including phenoxy) is 1. The highest BCUT2D eigenvalue weighted by Gasteiger charge is 2.59. The molecule has 1 heterocycles. The third kappa shape index (κ3) is 4.07. The predicted octanol–water partition coefficient (Wildman–Crippen LogP) is 5.39. The number of methoxy groups -OCH3 is 1. The van der Waals surface area contributed by atoms with Crippen molar-refractivity contribution in [2.45, 2.75) is 31.8 Å². The number of carbonyl (C=O) groups excluding carboxylic acids is 2. The molecule has 0 spiro atoms. The van der Waals surface area contributed by atoms with Crippen LogP contribution in [0.3, 0.4) is 0 Å². The Morgan fingerprint density at radius 3 is 2.09 bits per heavy atom. The highest BCUT2D eigenvalue weighted by Crippen LogP contribution is 2.45. The number of anilines is 1. The second-order valence-electron chi connectivity index (χ2n) is 9.20. The van der Waals surface area contributed by atoms with Gasteiger partial charge in [0.2, 0.25) is 0 Å². The Labute approximate surface area is 198 Å². The van der Waals surface area contributed by atoms with E-state index >= 15 is 0 Å². The first-order chi connectivity index (χ1) is 16.2. The summed E-state index contributed by atoms with van der Waals surface area (Å²) in [7, 11) is 1.57. The molecule has 1 aliphatic rings. The van der Waals surface area contributed by atoms with Gasteiger partial charge in [0.15, 0.2) is 5.54 Å². The Hall–Kier alpha value is -3.93. The molecule has 3 aromatic carbocycles. The Kier molecular flexibility index (Phi) is 6.00. The highest BCUT2D eigenvalue weighted by atomic mass is 19.1. The van der Waals surface area contributed by atoms with Crippen molar-refractivity contribution in [1.29, 1.82) is 0 Å². The molecule has 0 aromatic heterocycles. The molecule has 1 N–H and O–H groups in total. The van der Waals surface area contributed by atoms with Crippen LogP contribution in [0.4, 0.5) is 10.1 Å². The number of hydrogen-bond acceptors (Lipinski definition) is 4. The van der Waals surface area contributed by atoms with Crippen LogP contribution in [0, 0.1) is 5.82 Å². The Morgan fingerprint density at radius 2 is 1.53 bits per heavy atom. The van der Waals surface area contributed by atoms with Gasteiger partial charge in [0.1, 0.15) is 11.6 Å². The van der Waals surface area contributed by atoms with E-state index in [4.69, 9.17) is 4.74 Å². The number of amides is 2. The first kappa shape index (κ1) is 23.2. The number of rotatable bonds is 5. The van der Waals surface area contributed by atoms with Crippen LogP contribution in [0.1, 0.15) is 31.9 Å². The first-order valence-corrected chi connectivity index (χ1v) is 11.0. The van der Waals surface area contributed by atoms with Crippen molar-refractivity contribution < 1.29 is 18.7 Å². The monoisotopic (exact) mass is 458 g/mol. The van der Waals surface area contributed by atoms with E-state index in [1.54, 1.807) is 49.6 Å². The van der Waals surface area contributed by atoms with Gasteiger partial charge in [-0.3, -0.25) is 14.5 Å². The second-order valence-corrected chi connectivity index (χ2v) is 9.20. The molecule has 0 saturated carbocycles. The molecule has 1 aliphatic heterocycles. The molecule has 3 aromatic rings. The maximum atomic E-state index is 14.2. The van der Waals surface area contributed by atoms with Gasteiger partial charge in [0.25, 0.3) is 11.8 Å². The average molecular weight is 459 g/mol. The molecule has 34 heavy (non-hydrogen) atoms. The van der Waals surface area contributed by atoms with Gasteiger partial charge in [-0.05, 0) is 74.4 Å². The molecular formula is C28H27FN2O3. The first-order valence-electron chi connectivity index (χ1n) is 11.0. The zero-order valence-electron chi connectivity index (χ0n) is 19.6. The van der Waals surface area contributed by atoms with Crippen LogP contribution in [0.5, 0.6) is 5.75 Å². The number of halogens is 1. The predicted molar refractivity (Wildman–Crippen MR) is 131 cm³/mol. The molecule has 0 aliphatic carbocycles. The van der Waals surface area contributed by atoms with Crippen LogP contribution in [0.15, 0.2) is 84.4 Å². The zero-order chi connectivity index (χ0) is 24.5. The molecule has 1 saturated heterocycles. The van der Waals surface area contributed by atoms with E-state index in [0.29, 0.717) is 17.0 Å². The number of likely N-dealkylation sites (tertiary alicyclic amines) is 1. The number of imide groups is 1. The van der Waals surface area contributed by atoms with Crippen molar-refractivity contribution in [3.63, 3.8) is 0 Å². The normalized spacial score (nSPS) is 19.6. The molecular weight excluding hydrogens is 431 g/mol. The minimum atomic E-state index is -1.55. The summed E-state index contributed by atoms with van der Waals surface area (Å²) in [5, 5.41) is 3.34. The summed E-state index contributed by atoms with van der Waals surface area (Å²) in [6.45, 7) is 5.45. The molecule has 0 bridgehead atoms. The lowest BCUT2D eigenvalue weighted by molar-refractivity contribution is -0.144. The largest absolute Gasteiger partial charge is 0.497 e. The summed E-state index contributed by atoms with van der Waals surface area (Å²) in [5.74, 6) is -0.589. The Morgan fingerprint density at radius 1 is 0.912 bits per heavy atom. The van der Waals surface area contributed by atoms with Gasteiger partial charge in [-0.2, -0.15) is 0 Å². The fraction of sp³-hybridized carbons (Fsp3) is 0.214. The molecule has 174 valence electrons. The van der Waals surface area contributed by atoms with Crippen LogP contribution in [-0.2, 0) is 15.1 Å². The topological polar surface area (TPSA) is 58.6 Å². The SMILES string of the molecule is COc1ccc(NC2(c3ccc(F)cc3)C(=O)N(C(C)(C)C)C(=O)C2=Cc2ccccc2)cc1. The Bertz CT molecular complexity index is 1230. The molecule has 2 amide bonds. The van der Waals surface area contributed by atoms with Gasteiger partial charge in [-0.25, -0.2) is 4.39 Å². The van der Waals surface area contributed by atoms with Gasteiger partial charge >= 0.3 is 0 Å². The number of nitrogens with zero attached hydrogens (tertiary/aromatic N) is 1. The van der Waals surface area contributed by atoms with Crippen molar-refractivity contribution >= 4 is 23.6 Å². The maximum Gasteiger partial charge on any atom is 0.265 e. The smallest absolute Gasteiger partial charge is 0.265 e. The quantitative estimate of drug-likeness (QED) is 0.411. The lowest BCUT2D eigenvalue weighted by atomic mass is 9.82. The van der Waals surface area contributed by atoms with Gasteiger partial charge in [-0.15, -0.1) is 0 Å². The highest BCUT2D eigenvalue weighted by molar-refractivity contribution is 6.23. The van der Waals surface area contributed by atoms with Crippen molar-refractivity contribution in [1.82, 2.24) is 4.90 Å². The Balaban J connectivity index is 1.99. The summed E-state index contributed by atoms with van der Waals surface area (Å²) in [6.07, 6.45) is 1.73. The van der Waals surface area contributed by atoms with E-state index in [1.165, 1.54) is 17.0 Å². The third-order valence-corrected chi connectivity index (χ3v) is 5.84. The van der Waals surface area contributed by atoms with Gasteiger partial charge in [-0.1, -0.05) is 42.5 Å².